The molecule has 146 valence electrons. The van der Waals surface area contributed by atoms with Crippen LogP contribution in [0.2, 0.25) is 0 Å². The molecule has 1 aliphatic heterocycles. The number of benzene rings is 1. The minimum Gasteiger partial charge on any atom is -0.451 e. The summed E-state index contributed by atoms with van der Waals surface area (Å²) in [4.78, 5) is 34.3. The molecule has 1 saturated heterocycles. The van der Waals surface area contributed by atoms with Crippen molar-refractivity contribution in [2.75, 3.05) is 13.1 Å². The zero-order valence-electron chi connectivity index (χ0n) is 15.6. The topological polar surface area (TPSA) is 79.2 Å². The van der Waals surface area contributed by atoms with Crippen molar-refractivity contribution >= 4 is 28.2 Å². The van der Waals surface area contributed by atoms with E-state index in [9.17, 15) is 9.59 Å². The molecule has 29 heavy (non-hydrogen) atoms. The highest BCUT2D eigenvalue weighted by atomic mass is 32.1. The number of furan rings is 1. The van der Waals surface area contributed by atoms with E-state index in [0.29, 0.717) is 30.4 Å². The molecule has 0 radical (unpaired) electrons. The summed E-state index contributed by atoms with van der Waals surface area (Å²) in [7, 11) is 0. The number of aromatic nitrogens is 2. The minimum atomic E-state index is -0.142. The van der Waals surface area contributed by atoms with E-state index in [1.807, 2.05) is 46.0 Å². The molecule has 0 bridgehead atoms. The van der Waals surface area contributed by atoms with E-state index in [1.54, 1.807) is 17.4 Å². The van der Waals surface area contributed by atoms with Crippen LogP contribution in [0.15, 0.2) is 62.4 Å². The second kappa shape index (κ2) is 7.33. The van der Waals surface area contributed by atoms with Crippen LogP contribution in [0.4, 0.5) is 0 Å². The van der Waals surface area contributed by atoms with Crippen molar-refractivity contribution in [1.29, 1.82) is 0 Å². The summed E-state index contributed by atoms with van der Waals surface area (Å²) < 4.78 is 5.72. The molecule has 1 N–H and O–H groups in total. The number of H-pyrrole nitrogens is 1. The summed E-state index contributed by atoms with van der Waals surface area (Å²) >= 11 is 1.58. The van der Waals surface area contributed by atoms with Crippen LogP contribution in [0.5, 0.6) is 0 Å². The molecular formula is C22H19N3O3S. The van der Waals surface area contributed by atoms with Crippen LogP contribution in [0.1, 0.15) is 35.1 Å². The van der Waals surface area contributed by atoms with Gasteiger partial charge in [-0.3, -0.25) is 9.59 Å². The Morgan fingerprint density at radius 3 is 2.76 bits per heavy atom. The number of likely N-dealkylation sites (tertiary alicyclic amines) is 1. The number of aromatic amines is 1. The molecule has 6 nitrogen and oxygen atoms in total. The molecule has 4 aromatic rings. The van der Waals surface area contributed by atoms with E-state index in [0.717, 1.165) is 29.4 Å². The summed E-state index contributed by atoms with van der Waals surface area (Å²) in [6.45, 7) is 1.21. The third-order valence-corrected chi connectivity index (χ3v) is 6.07. The van der Waals surface area contributed by atoms with Crippen molar-refractivity contribution in [1.82, 2.24) is 14.9 Å². The molecule has 1 amide bonds. The molecule has 0 spiro atoms. The van der Waals surface area contributed by atoms with E-state index < -0.39 is 0 Å². The Bertz CT molecular complexity index is 1180. The fraction of sp³-hybridized carbons (Fsp3) is 0.227. The lowest BCUT2D eigenvalue weighted by atomic mass is 9.95. The molecule has 7 heteroatoms. The fourth-order valence-electron chi connectivity index (χ4n) is 3.83. The zero-order valence-corrected chi connectivity index (χ0v) is 16.4. The monoisotopic (exact) mass is 405 g/mol. The van der Waals surface area contributed by atoms with E-state index in [4.69, 9.17) is 4.42 Å². The standard InChI is InChI=1S/C22H19N3O3S/c26-20-12-17(16-7-10-29-13-16)23-21(24-20)14-5-8-25(9-6-14)22(27)19-11-15-3-1-2-4-18(15)28-19/h1-4,7,10-14H,5-6,8-9H2,(H,23,24,26). The SMILES string of the molecule is O=C(c1cc2ccccc2o1)N1CCC(c2nc(-c3ccsc3)cc(=O)[nH]2)CC1. The summed E-state index contributed by atoms with van der Waals surface area (Å²) in [5.41, 5.74) is 2.24. The largest absolute Gasteiger partial charge is 0.451 e. The first-order valence-electron chi connectivity index (χ1n) is 9.59. The first kappa shape index (κ1) is 17.9. The van der Waals surface area contributed by atoms with E-state index in [-0.39, 0.29) is 17.4 Å². The van der Waals surface area contributed by atoms with Gasteiger partial charge in [0, 0.05) is 41.4 Å². The van der Waals surface area contributed by atoms with Crippen molar-refractivity contribution < 1.29 is 9.21 Å². The first-order chi connectivity index (χ1) is 14.2. The van der Waals surface area contributed by atoms with Crippen molar-refractivity contribution in [3.63, 3.8) is 0 Å². The van der Waals surface area contributed by atoms with Gasteiger partial charge in [-0.1, -0.05) is 18.2 Å². The number of rotatable bonds is 3. The second-order valence-electron chi connectivity index (χ2n) is 7.24. The maximum absolute atomic E-state index is 12.8. The molecule has 1 fully saturated rings. The lowest BCUT2D eigenvalue weighted by Crippen LogP contribution is -2.38. The van der Waals surface area contributed by atoms with Crippen molar-refractivity contribution in [3.05, 3.63) is 75.2 Å². The van der Waals surface area contributed by atoms with E-state index in [2.05, 4.69) is 9.97 Å². The molecular weight excluding hydrogens is 386 g/mol. The predicted octanol–water partition coefficient (Wildman–Crippen LogP) is 4.26. The van der Waals surface area contributed by atoms with Gasteiger partial charge in [-0.2, -0.15) is 11.3 Å². The van der Waals surface area contributed by atoms with Crippen molar-refractivity contribution in [2.45, 2.75) is 18.8 Å². The van der Waals surface area contributed by atoms with Crippen LogP contribution in [0.25, 0.3) is 22.2 Å². The van der Waals surface area contributed by atoms with Gasteiger partial charge < -0.3 is 14.3 Å². The average Bonchev–Trinajstić information content (AvgIpc) is 3.43. The molecule has 5 rings (SSSR count). The van der Waals surface area contributed by atoms with Gasteiger partial charge >= 0.3 is 0 Å². The van der Waals surface area contributed by atoms with Crippen LogP contribution < -0.4 is 5.56 Å². The highest BCUT2D eigenvalue weighted by Gasteiger charge is 2.28. The number of carbonyl (C=O) groups is 1. The Morgan fingerprint density at radius 1 is 1.17 bits per heavy atom. The number of carbonyl (C=O) groups excluding carboxylic acids is 1. The number of hydrogen-bond acceptors (Lipinski definition) is 5. The maximum Gasteiger partial charge on any atom is 0.289 e. The van der Waals surface area contributed by atoms with Crippen molar-refractivity contribution in [2.24, 2.45) is 0 Å². The summed E-state index contributed by atoms with van der Waals surface area (Å²) in [6.07, 6.45) is 1.50. The van der Waals surface area contributed by atoms with Gasteiger partial charge in [0.05, 0.1) is 5.69 Å². The third kappa shape index (κ3) is 3.49. The number of hydrogen-bond donors (Lipinski definition) is 1. The predicted molar refractivity (Wildman–Crippen MR) is 112 cm³/mol. The normalized spacial score (nSPS) is 15.1. The van der Waals surface area contributed by atoms with Crippen LogP contribution in [0.3, 0.4) is 0 Å². The highest BCUT2D eigenvalue weighted by Crippen LogP contribution is 2.28. The molecule has 0 saturated carbocycles. The minimum absolute atomic E-state index is 0.0897. The van der Waals surface area contributed by atoms with Crippen LogP contribution in [-0.2, 0) is 0 Å². The summed E-state index contributed by atoms with van der Waals surface area (Å²) in [6, 6.07) is 12.9. The fourth-order valence-corrected chi connectivity index (χ4v) is 4.48. The Labute approximate surface area is 170 Å². The number of nitrogens with zero attached hydrogens (tertiary/aromatic N) is 2. The number of fused-ring (bicyclic) bond motifs is 1. The van der Waals surface area contributed by atoms with Crippen LogP contribution in [-0.4, -0.2) is 33.9 Å². The van der Waals surface area contributed by atoms with Gasteiger partial charge in [-0.25, -0.2) is 4.98 Å². The average molecular weight is 405 g/mol. The smallest absolute Gasteiger partial charge is 0.289 e. The molecule has 0 unspecified atom stereocenters. The lowest BCUT2D eigenvalue weighted by molar-refractivity contribution is 0.0681. The Balaban J connectivity index is 1.31. The molecule has 4 heterocycles. The highest BCUT2D eigenvalue weighted by molar-refractivity contribution is 7.08. The zero-order chi connectivity index (χ0) is 19.8. The quantitative estimate of drug-likeness (QED) is 0.552. The van der Waals surface area contributed by atoms with Gasteiger partial charge in [0.1, 0.15) is 11.4 Å². The Morgan fingerprint density at radius 2 is 2.00 bits per heavy atom. The number of piperidine rings is 1. The number of para-hydroxylation sites is 1. The molecule has 0 aliphatic carbocycles. The van der Waals surface area contributed by atoms with E-state index in [1.165, 1.54) is 6.07 Å². The van der Waals surface area contributed by atoms with Crippen molar-refractivity contribution in [3.8, 4) is 11.3 Å². The molecule has 1 aliphatic rings. The Kier molecular flexibility index (Phi) is 4.52. The van der Waals surface area contributed by atoms with Crippen LogP contribution >= 0.6 is 11.3 Å². The third-order valence-electron chi connectivity index (χ3n) is 5.38. The van der Waals surface area contributed by atoms with Gasteiger partial charge in [0.15, 0.2) is 5.76 Å². The summed E-state index contributed by atoms with van der Waals surface area (Å²) in [5, 5.41) is 4.89. The van der Waals surface area contributed by atoms with Gasteiger partial charge in [0.2, 0.25) is 0 Å². The number of nitrogens with one attached hydrogen (secondary N) is 1. The summed E-state index contributed by atoms with van der Waals surface area (Å²) in [5.74, 6) is 1.11. The molecule has 3 aromatic heterocycles. The van der Waals surface area contributed by atoms with Crippen LogP contribution in [0, 0.1) is 0 Å². The second-order valence-corrected chi connectivity index (χ2v) is 8.02. The van der Waals surface area contributed by atoms with Gasteiger partial charge in [0.25, 0.3) is 11.5 Å². The molecule has 1 aromatic carbocycles. The maximum atomic E-state index is 12.8. The van der Waals surface area contributed by atoms with E-state index >= 15 is 0 Å². The first-order valence-corrected chi connectivity index (χ1v) is 10.5. The van der Waals surface area contributed by atoms with Gasteiger partial charge in [-0.15, -0.1) is 0 Å². The lowest BCUT2D eigenvalue weighted by Gasteiger charge is -2.31. The Hall–Kier alpha value is -3.19. The number of amides is 1. The molecule has 0 atom stereocenters. The van der Waals surface area contributed by atoms with Gasteiger partial charge in [-0.05, 0) is 36.4 Å². The number of thiophene rings is 1.